The van der Waals surface area contributed by atoms with Gasteiger partial charge in [-0.15, -0.1) is 11.3 Å². The van der Waals surface area contributed by atoms with Gasteiger partial charge in [-0.1, -0.05) is 11.8 Å². The van der Waals surface area contributed by atoms with Crippen LogP contribution in [0.15, 0.2) is 11.4 Å². The van der Waals surface area contributed by atoms with E-state index in [1.165, 1.54) is 50.3 Å². The molecule has 2 saturated heterocycles. The van der Waals surface area contributed by atoms with Gasteiger partial charge in [0.25, 0.3) is 0 Å². The van der Waals surface area contributed by atoms with Crippen LogP contribution >= 0.6 is 11.3 Å². The van der Waals surface area contributed by atoms with Crippen LogP contribution in [0.1, 0.15) is 29.7 Å². The van der Waals surface area contributed by atoms with Crippen LogP contribution in [-0.4, -0.2) is 42.8 Å². The number of thiophene rings is 1. The molecule has 108 valence electrons. The third kappa shape index (κ3) is 3.24. The highest BCUT2D eigenvalue weighted by atomic mass is 32.1. The standard InChI is InChI=1S/C16H22N2OS/c19-9-1-2-14-10-15(20-12-14)11-18-8-5-16(13-18)3-6-17-7-4-16/h10,12,17,19H,3-9,11,13H2. The molecule has 0 atom stereocenters. The van der Waals surface area contributed by atoms with Crippen LogP contribution in [-0.2, 0) is 6.54 Å². The Balaban J connectivity index is 1.57. The molecule has 0 aliphatic carbocycles. The Labute approximate surface area is 125 Å². The summed E-state index contributed by atoms with van der Waals surface area (Å²) in [5, 5.41) is 14.3. The van der Waals surface area contributed by atoms with Gasteiger partial charge in [0.2, 0.25) is 0 Å². The zero-order chi connectivity index (χ0) is 13.8. The van der Waals surface area contributed by atoms with Crippen molar-refractivity contribution in [3.8, 4) is 11.8 Å². The van der Waals surface area contributed by atoms with Crippen molar-refractivity contribution in [3.05, 3.63) is 21.9 Å². The molecule has 3 heterocycles. The van der Waals surface area contributed by atoms with Crippen LogP contribution in [0.25, 0.3) is 0 Å². The second kappa shape index (κ2) is 6.28. The minimum absolute atomic E-state index is 0.0616. The predicted octanol–water partition coefficient (Wildman–Crippen LogP) is 1.67. The molecule has 2 fully saturated rings. The van der Waals surface area contributed by atoms with Crippen molar-refractivity contribution in [2.45, 2.75) is 25.8 Å². The van der Waals surface area contributed by atoms with Gasteiger partial charge >= 0.3 is 0 Å². The maximum atomic E-state index is 8.72. The number of aliphatic hydroxyl groups is 1. The number of piperidine rings is 1. The fourth-order valence-corrected chi connectivity index (χ4v) is 4.28. The average Bonchev–Trinajstić information content (AvgIpc) is 3.06. The van der Waals surface area contributed by atoms with E-state index in [4.69, 9.17) is 5.11 Å². The van der Waals surface area contributed by atoms with Gasteiger partial charge in [-0.05, 0) is 50.4 Å². The van der Waals surface area contributed by atoms with E-state index in [1.54, 1.807) is 11.3 Å². The first kappa shape index (κ1) is 14.1. The second-order valence-corrected chi connectivity index (χ2v) is 6.97. The lowest BCUT2D eigenvalue weighted by Crippen LogP contribution is -2.38. The summed E-state index contributed by atoms with van der Waals surface area (Å²) in [7, 11) is 0. The molecule has 2 N–H and O–H groups in total. The summed E-state index contributed by atoms with van der Waals surface area (Å²) in [6.45, 7) is 5.86. The van der Waals surface area contributed by atoms with Gasteiger partial charge in [0, 0.05) is 28.9 Å². The highest BCUT2D eigenvalue weighted by Gasteiger charge is 2.38. The van der Waals surface area contributed by atoms with Crippen LogP contribution in [0.5, 0.6) is 0 Å². The van der Waals surface area contributed by atoms with Crippen molar-refractivity contribution in [1.29, 1.82) is 0 Å². The van der Waals surface area contributed by atoms with E-state index in [1.807, 2.05) is 0 Å². The van der Waals surface area contributed by atoms with Crippen molar-refractivity contribution in [1.82, 2.24) is 10.2 Å². The zero-order valence-corrected chi connectivity index (χ0v) is 12.6. The van der Waals surface area contributed by atoms with E-state index in [2.05, 4.69) is 33.5 Å². The normalized spacial score (nSPS) is 21.9. The molecule has 1 aromatic rings. The lowest BCUT2D eigenvalue weighted by Gasteiger charge is -2.33. The van der Waals surface area contributed by atoms with Gasteiger partial charge in [0.05, 0.1) is 0 Å². The molecule has 4 heteroatoms. The first-order chi connectivity index (χ1) is 9.80. The van der Waals surface area contributed by atoms with Crippen LogP contribution in [0.3, 0.4) is 0 Å². The number of hydrogen-bond acceptors (Lipinski definition) is 4. The summed E-state index contributed by atoms with van der Waals surface area (Å²) < 4.78 is 0. The van der Waals surface area contributed by atoms with E-state index in [0.717, 1.165) is 12.1 Å². The van der Waals surface area contributed by atoms with E-state index < -0.39 is 0 Å². The van der Waals surface area contributed by atoms with E-state index in [-0.39, 0.29) is 6.61 Å². The monoisotopic (exact) mass is 290 g/mol. The van der Waals surface area contributed by atoms with Gasteiger partial charge in [-0.2, -0.15) is 0 Å². The van der Waals surface area contributed by atoms with Crippen molar-refractivity contribution in [3.63, 3.8) is 0 Å². The summed E-state index contributed by atoms with van der Waals surface area (Å²) in [5.41, 5.74) is 1.62. The fourth-order valence-electron chi connectivity index (χ4n) is 3.42. The van der Waals surface area contributed by atoms with Crippen molar-refractivity contribution in [2.24, 2.45) is 5.41 Å². The molecular weight excluding hydrogens is 268 g/mol. The van der Waals surface area contributed by atoms with E-state index in [0.29, 0.717) is 5.41 Å². The van der Waals surface area contributed by atoms with E-state index >= 15 is 0 Å². The SMILES string of the molecule is OCC#Cc1csc(CN2CCC3(CCNCC3)C2)c1. The van der Waals surface area contributed by atoms with Gasteiger partial charge in [-0.3, -0.25) is 4.90 Å². The van der Waals surface area contributed by atoms with Crippen molar-refractivity contribution in [2.75, 3.05) is 32.8 Å². The number of likely N-dealkylation sites (tertiary alicyclic amines) is 1. The van der Waals surface area contributed by atoms with Crippen molar-refractivity contribution >= 4 is 11.3 Å². The smallest absolute Gasteiger partial charge is 0.104 e. The molecule has 1 aromatic heterocycles. The summed E-state index contributed by atoms with van der Waals surface area (Å²) in [5.74, 6) is 5.69. The Morgan fingerprint density at radius 2 is 2.20 bits per heavy atom. The first-order valence-electron chi connectivity index (χ1n) is 7.40. The summed E-state index contributed by atoms with van der Waals surface area (Å²) in [6, 6.07) is 2.17. The molecule has 3 nitrogen and oxygen atoms in total. The average molecular weight is 290 g/mol. The fraction of sp³-hybridized carbons (Fsp3) is 0.625. The highest BCUT2D eigenvalue weighted by Crippen LogP contribution is 2.39. The molecule has 20 heavy (non-hydrogen) atoms. The molecule has 0 radical (unpaired) electrons. The minimum atomic E-state index is -0.0616. The molecule has 0 amide bonds. The van der Waals surface area contributed by atoms with Gasteiger partial charge in [0.15, 0.2) is 0 Å². The van der Waals surface area contributed by atoms with Gasteiger partial charge in [0.1, 0.15) is 6.61 Å². The minimum Gasteiger partial charge on any atom is -0.384 e. The molecule has 0 bridgehead atoms. The molecule has 3 rings (SSSR count). The topological polar surface area (TPSA) is 35.5 Å². The van der Waals surface area contributed by atoms with E-state index in [9.17, 15) is 0 Å². The Bertz CT molecular complexity index is 508. The molecule has 1 spiro atoms. The molecule has 0 aromatic carbocycles. The first-order valence-corrected chi connectivity index (χ1v) is 8.28. The van der Waals surface area contributed by atoms with Crippen LogP contribution in [0, 0.1) is 17.3 Å². The highest BCUT2D eigenvalue weighted by molar-refractivity contribution is 7.10. The van der Waals surface area contributed by atoms with Crippen molar-refractivity contribution < 1.29 is 5.11 Å². The lowest BCUT2D eigenvalue weighted by molar-refractivity contribution is 0.194. The Morgan fingerprint density at radius 1 is 1.35 bits per heavy atom. The second-order valence-electron chi connectivity index (χ2n) is 5.97. The number of hydrogen-bond donors (Lipinski definition) is 2. The summed E-state index contributed by atoms with van der Waals surface area (Å²) >= 11 is 1.78. The summed E-state index contributed by atoms with van der Waals surface area (Å²) in [4.78, 5) is 3.98. The third-order valence-corrected chi connectivity index (χ3v) is 5.45. The third-order valence-electron chi connectivity index (χ3n) is 4.53. The van der Waals surface area contributed by atoms with Crippen LogP contribution in [0.4, 0.5) is 0 Å². The van der Waals surface area contributed by atoms with Crippen LogP contribution < -0.4 is 5.32 Å². The number of aliphatic hydroxyl groups excluding tert-OH is 1. The number of rotatable bonds is 2. The largest absolute Gasteiger partial charge is 0.384 e. The Morgan fingerprint density at radius 3 is 3.00 bits per heavy atom. The maximum Gasteiger partial charge on any atom is 0.104 e. The lowest BCUT2D eigenvalue weighted by atomic mass is 9.78. The number of nitrogens with zero attached hydrogens (tertiary/aromatic N) is 1. The molecule has 2 aliphatic rings. The molecule has 0 unspecified atom stereocenters. The Kier molecular flexibility index (Phi) is 4.42. The van der Waals surface area contributed by atoms with Gasteiger partial charge < -0.3 is 10.4 Å². The Hall–Kier alpha value is -0.860. The molecule has 0 saturated carbocycles. The van der Waals surface area contributed by atoms with Crippen LogP contribution in [0.2, 0.25) is 0 Å². The summed E-state index contributed by atoms with van der Waals surface area (Å²) in [6.07, 6.45) is 4.03. The molecule has 2 aliphatic heterocycles. The molecular formula is C16H22N2OS. The quantitative estimate of drug-likeness (QED) is 0.813. The van der Waals surface area contributed by atoms with Gasteiger partial charge in [-0.25, -0.2) is 0 Å². The number of nitrogens with one attached hydrogen (secondary N) is 1. The predicted molar refractivity (Wildman–Crippen MR) is 82.7 cm³/mol. The maximum absolute atomic E-state index is 8.72. The zero-order valence-electron chi connectivity index (χ0n) is 11.8.